The molecule has 0 bridgehead atoms. The molecule has 5 heteroatoms. The van der Waals surface area contributed by atoms with E-state index in [1.165, 1.54) is 0 Å². The third-order valence-corrected chi connectivity index (χ3v) is 6.14. The summed E-state index contributed by atoms with van der Waals surface area (Å²) in [6.45, 7) is 2.42. The number of para-hydroxylation sites is 1. The van der Waals surface area contributed by atoms with Crippen LogP contribution >= 0.6 is 11.6 Å². The highest BCUT2D eigenvalue weighted by molar-refractivity contribution is 6.30. The van der Waals surface area contributed by atoms with Gasteiger partial charge in [-0.25, -0.2) is 4.79 Å². The molecule has 4 rings (SSSR count). The van der Waals surface area contributed by atoms with Crippen LogP contribution in [0.5, 0.6) is 0 Å². The molecular weight excluding hydrogens is 398 g/mol. The highest BCUT2D eigenvalue weighted by Gasteiger charge is 2.56. The molecule has 0 aromatic heterocycles. The van der Waals surface area contributed by atoms with E-state index in [4.69, 9.17) is 11.6 Å². The average molecular weight is 420 g/mol. The number of carboxylic acid groups (broad SMARTS) is 1. The van der Waals surface area contributed by atoms with Crippen molar-refractivity contribution in [2.75, 3.05) is 4.90 Å². The second kappa shape index (κ2) is 7.96. The minimum atomic E-state index is -0.980. The predicted molar refractivity (Wildman–Crippen MR) is 118 cm³/mol. The lowest BCUT2D eigenvalue weighted by atomic mass is 9.95. The molecule has 0 saturated heterocycles. The van der Waals surface area contributed by atoms with E-state index in [0.717, 1.165) is 23.2 Å². The number of nitrogens with zero attached hydrogens (tertiary/aromatic N) is 1. The van der Waals surface area contributed by atoms with Gasteiger partial charge in [0.15, 0.2) is 0 Å². The number of anilines is 1. The van der Waals surface area contributed by atoms with Crippen LogP contribution in [0.25, 0.3) is 0 Å². The van der Waals surface area contributed by atoms with E-state index in [1.54, 1.807) is 23.1 Å². The zero-order valence-electron chi connectivity index (χ0n) is 16.6. The lowest BCUT2D eigenvalue weighted by Crippen LogP contribution is -2.33. The van der Waals surface area contributed by atoms with Crippen molar-refractivity contribution in [1.82, 2.24) is 0 Å². The molecule has 2 atom stereocenters. The van der Waals surface area contributed by atoms with Crippen molar-refractivity contribution in [2.24, 2.45) is 5.92 Å². The van der Waals surface area contributed by atoms with Crippen molar-refractivity contribution < 1.29 is 14.7 Å². The number of carboxylic acids is 1. The van der Waals surface area contributed by atoms with Crippen molar-refractivity contribution in [3.8, 4) is 0 Å². The number of benzene rings is 3. The Labute approximate surface area is 180 Å². The Kier molecular flexibility index (Phi) is 5.35. The normalized spacial score (nSPS) is 19.9. The molecule has 0 heterocycles. The van der Waals surface area contributed by atoms with Gasteiger partial charge in [-0.15, -0.1) is 0 Å². The van der Waals surface area contributed by atoms with Crippen LogP contribution in [0.1, 0.15) is 34.8 Å². The Morgan fingerprint density at radius 2 is 1.73 bits per heavy atom. The van der Waals surface area contributed by atoms with Gasteiger partial charge in [0.1, 0.15) is 0 Å². The highest BCUT2D eigenvalue weighted by Crippen LogP contribution is 2.55. The maximum absolute atomic E-state index is 13.6. The Morgan fingerprint density at radius 3 is 2.40 bits per heavy atom. The van der Waals surface area contributed by atoms with Crippen LogP contribution < -0.4 is 4.90 Å². The zero-order chi connectivity index (χ0) is 21.3. The summed E-state index contributed by atoms with van der Waals surface area (Å²) in [6.07, 6.45) is 0.770. The summed E-state index contributed by atoms with van der Waals surface area (Å²) in [5.74, 6) is -1.08. The first-order valence-electron chi connectivity index (χ1n) is 9.83. The van der Waals surface area contributed by atoms with Crippen LogP contribution in [0.15, 0.2) is 78.9 Å². The third-order valence-electron chi connectivity index (χ3n) is 5.89. The van der Waals surface area contributed by atoms with E-state index >= 15 is 0 Å². The summed E-state index contributed by atoms with van der Waals surface area (Å²) in [5, 5.41) is 9.97. The van der Waals surface area contributed by atoms with Crippen LogP contribution in [0.3, 0.4) is 0 Å². The number of halogens is 1. The van der Waals surface area contributed by atoms with Crippen molar-refractivity contribution in [3.63, 3.8) is 0 Å². The summed E-state index contributed by atoms with van der Waals surface area (Å²) in [5.41, 5.74) is 2.67. The van der Waals surface area contributed by atoms with Gasteiger partial charge in [0.2, 0.25) is 5.91 Å². The minimum Gasteiger partial charge on any atom is -0.478 e. The molecule has 3 aromatic rings. The summed E-state index contributed by atoms with van der Waals surface area (Å²) >= 11 is 6.02. The molecule has 1 N–H and O–H groups in total. The number of rotatable bonds is 6. The molecule has 1 aliphatic carbocycles. The van der Waals surface area contributed by atoms with E-state index in [-0.39, 0.29) is 22.8 Å². The number of hydrogen-bond acceptors (Lipinski definition) is 2. The van der Waals surface area contributed by atoms with E-state index in [0.29, 0.717) is 11.6 Å². The zero-order valence-corrected chi connectivity index (χ0v) is 17.3. The van der Waals surface area contributed by atoms with E-state index in [9.17, 15) is 14.7 Å². The first-order chi connectivity index (χ1) is 14.4. The van der Waals surface area contributed by atoms with Gasteiger partial charge >= 0.3 is 5.97 Å². The topological polar surface area (TPSA) is 57.6 Å². The van der Waals surface area contributed by atoms with Crippen LogP contribution in [-0.4, -0.2) is 17.0 Å². The molecule has 1 saturated carbocycles. The maximum atomic E-state index is 13.6. The van der Waals surface area contributed by atoms with E-state index < -0.39 is 5.97 Å². The number of amides is 1. The summed E-state index contributed by atoms with van der Waals surface area (Å²) < 4.78 is 0. The molecule has 152 valence electrons. The Morgan fingerprint density at radius 1 is 1.03 bits per heavy atom. The fraction of sp³-hybridized carbons (Fsp3) is 0.200. The number of aromatic carboxylic acids is 1. The second-order valence-electron chi connectivity index (χ2n) is 7.95. The quantitative estimate of drug-likeness (QED) is 0.569. The number of hydrogen-bond donors (Lipinski definition) is 1. The van der Waals surface area contributed by atoms with Crippen molar-refractivity contribution in [3.05, 3.63) is 101 Å². The molecule has 0 radical (unpaired) electrons. The lowest BCUT2D eigenvalue weighted by Gasteiger charge is -2.25. The lowest BCUT2D eigenvalue weighted by molar-refractivity contribution is -0.120. The van der Waals surface area contributed by atoms with Crippen molar-refractivity contribution in [2.45, 2.75) is 25.3 Å². The molecule has 0 unspecified atom stereocenters. The second-order valence-corrected chi connectivity index (χ2v) is 8.38. The molecule has 3 aromatic carbocycles. The average Bonchev–Trinajstić information content (AvgIpc) is 3.45. The Bertz CT molecular complexity index is 1080. The van der Waals surface area contributed by atoms with Gasteiger partial charge in [-0.1, -0.05) is 61.0 Å². The Hall–Kier alpha value is -3.11. The molecule has 0 aliphatic heterocycles. The van der Waals surface area contributed by atoms with Gasteiger partial charge in [-0.2, -0.15) is 0 Å². The summed E-state index contributed by atoms with van der Waals surface area (Å²) in [6, 6.07) is 23.9. The molecule has 1 fully saturated rings. The van der Waals surface area contributed by atoms with Gasteiger partial charge < -0.3 is 10.0 Å². The predicted octanol–water partition coefficient (Wildman–Crippen LogP) is 5.55. The van der Waals surface area contributed by atoms with Gasteiger partial charge in [0, 0.05) is 22.0 Å². The molecule has 0 spiro atoms. The molecule has 30 heavy (non-hydrogen) atoms. The van der Waals surface area contributed by atoms with Gasteiger partial charge in [0.05, 0.1) is 12.1 Å². The minimum absolute atomic E-state index is 0.0411. The fourth-order valence-electron chi connectivity index (χ4n) is 3.95. The van der Waals surface area contributed by atoms with Crippen molar-refractivity contribution >= 4 is 29.2 Å². The SMILES string of the molecule is C[C@@]1(c2ccc(Cl)cc2)C[C@@H]1C(=O)N(Cc1cccc(C(=O)O)c1)c1ccccc1. The van der Waals surface area contributed by atoms with E-state index in [2.05, 4.69) is 6.92 Å². The van der Waals surface area contributed by atoms with E-state index in [1.807, 2.05) is 60.7 Å². The molecule has 1 amide bonds. The third kappa shape index (κ3) is 3.96. The molecule has 1 aliphatic rings. The first-order valence-corrected chi connectivity index (χ1v) is 10.2. The van der Waals surface area contributed by atoms with Crippen LogP contribution in [0, 0.1) is 5.92 Å². The highest BCUT2D eigenvalue weighted by atomic mass is 35.5. The number of carbonyl (C=O) groups excluding carboxylic acids is 1. The summed E-state index contributed by atoms with van der Waals surface area (Å²) in [4.78, 5) is 26.7. The monoisotopic (exact) mass is 419 g/mol. The largest absolute Gasteiger partial charge is 0.478 e. The van der Waals surface area contributed by atoms with Gasteiger partial charge in [0.25, 0.3) is 0 Å². The van der Waals surface area contributed by atoms with Crippen molar-refractivity contribution in [1.29, 1.82) is 0 Å². The summed E-state index contributed by atoms with van der Waals surface area (Å²) in [7, 11) is 0. The maximum Gasteiger partial charge on any atom is 0.335 e. The van der Waals surface area contributed by atoms with Crippen LogP contribution in [0.4, 0.5) is 5.69 Å². The number of carbonyl (C=O) groups is 2. The van der Waals surface area contributed by atoms with Gasteiger partial charge in [-0.3, -0.25) is 4.79 Å². The standard InChI is InChI=1S/C25H22ClNO3/c1-25(19-10-12-20(26)13-11-19)15-22(25)23(28)27(21-8-3-2-4-9-21)16-17-6-5-7-18(14-17)24(29)30/h2-14,22H,15-16H2,1H3,(H,29,30)/t22-,25+/m1/s1. The first kappa shape index (κ1) is 20.2. The smallest absolute Gasteiger partial charge is 0.335 e. The fourth-order valence-corrected chi connectivity index (χ4v) is 4.08. The molecule has 4 nitrogen and oxygen atoms in total. The molecular formula is C25H22ClNO3. The Balaban J connectivity index is 1.62. The van der Waals surface area contributed by atoms with Crippen LogP contribution in [-0.2, 0) is 16.8 Å². The van der Waals surface area contributed by atoms with Crippen LogP contribution in [0.2, 0.25) is 5.02 Å². The van der Waals surface area contributed by atoms with Gasteiger partial charge in [-0.05, 0) is 53.9 Å².